The van der Waals surface area contributed by atoms with Crippen LogP contribution in [0.2, 0.25) is 5.02 Å². The molecule has 16 heavy (non-hydrogen) atoms. The van der Waals surface area contributed by atoms with Gasteiger partial charge in [0.1, 0.15) is 11.6 Å². The molecule has 0 aliphatic carbocycles. The molecule has 0 spiro atoms. The molecule has 0 heterocycles. The zero-order chi connectivity index (χ0) is 12.5. The van der Waals surface area contributed by atoms with Crippen molar-refractivity contribution in [2.75, 3.05) is 0 Å². The maximum Gasteiger partial charge on any atom is 0.304 e. The molecule has 5 heteroatoms. The lowest BCUT2D eigenvalue weighted by Gasteiger charge is -2.24. The molecule has 1 aromatic rings. The highest BCUT2D eigenvalue weighted by Gasteiger charge is 2.28. The van der Waals surface area contributed by atoms with Crippen LogP contribution in [0.4, 0.5) is 8.78 Å². The fraction of sp³-hybridized carbons (Fsp3) is 0.364. The van der Waals surface area contributed by atoms with Gasteiger partial charge in [-0.3, -0.25) is 4.79 Å². The summed E-state index contributed by atoms with van der Waals surface area (Å²) in [5.41, 5.74) is -0.764. The molecule has 1 aromatic carbocycles. The van der Waals surface area contributed by atoms with E-state index in [2.05, 4.69) is 0 Å². The lowest BCUT2D eigenvalue weighted by molar-refractivity contribution is -0.138. The smallest absolute Gasteiger partial charge is 0.304 e. The van der Waals surface area contributed by atoms with Crippen molar-refractivity contribution in [1.82, 2.24) is 0 Å². The molecular weight excluding hydrogens is 238 g/mol. The van der Waals surface area contributed by atoms with Crippen LogP contribution in [0, 0.1) is 11.6 Å². The second-order valence-electron chi connectivity index (χ2n) is 4.20. The van der Waals surface area contributed by atoms with Crippen LogP contribution >= 0.6 is 11.6 Å². The molecule has 0 aromatic heterocycles. The van der Waals surface area contributed by atoms with Crippen LogP contribution in [-0.4, -0.2) is 11.1 Å². The predicted octanol–water partition coefficient (Wildman–Crippen LogP) is 3.37. The molecule has 0 fully saturated rings. The van der Waals surface area contributed by atoms with Gasteiger partial charge in [-0.25, -0.2) is 8.78 Å². The van der Waals surface area contributed by atoms with E-state index in [0.29, 0.717) is 6.07 Å². The number of carboxylic acids is 1. The van der Waals surface area contributed by atoms with Crippen molar-refractivity contribution in [2.24, 2.45) is 0 Å². The summed E-state index contributed by atoms with van der Waals surface area (Å²) in [5.74, 6) is -2.70. The third kappa shape index (κ3) is 2.70. The third-order valence-electron chi connectivity index (χ3n) is 2.32. The fourth-order valence-electron chi connectivity index (χ4n) is 1.52. The third-order valence-corrected chi connectivity index (χ3v) is 2.70. The Balaban J connectivity index is 3.26. The van der Waals surface area contributed by atoms with E-state index in [1.165, 1.54) is 0 Å². The summed E-state index contributed by atoms with van der Waals surface area (Å²) in [6.07, 6.45) is -0.254. The largest absolute Gasteiger partial charge is 0.481 e. The lowest BCUT2D eigenvalue weighted by atomic mass is 9.81. The van der Waals surface area contributed by atoms with Gasteiger partial charge in [-0.15, -0.1) is 0 Å². The van der Waals surface area contributed by atoms with Gasteiger partial charge >= 0.3 is 5.97 Å². The molecule has 1 N–H and O–H groups in total. The number of carbonyl (C=O) groups is 1. The maximum absolute atomic E-state index is 13.2. The van der Waals surface area contributed by atoms with Gasteiger partial charge in [-0.2, -0.15) is 0 Å². The number of rotatable bonds is 3. The average Bonchev–Trinajstić information content (AvgIpc) is 2.08. The zero-order valence-corrected chi connectivity index (χ0v) is 9.61. The Bertz CT molecular complexity index is 430. The molecule has 0 saturated heterocycles. The normalized spacial score (nSPS) is 11.6. The highest BCUT2D eigenvalue weighted by molar-refractivity contribution is 6.31. The molecular formula is C11H11ClF2O2. The van der Waals surface area contributed by atoms with Crippen LogP contribution in [0.25, 0.3) is 0 Å². The fourth-order valence-corrected chi connectivity index (χ4v) is 1.89. The molecule has 0 unspecified atom stereocenters. The first kappa shape index (κ1) is 12.9. The number of halogens is 3. The van der Waals surface area contributed by atoms with Crippen LogP contribution in [0.1, 0.15) is 25.8 Å². The molecule has 0 radical (unpaired) electrons. The van der Waals surface area contributed by atoms with E-state index in [4.69, 9.17) is 16.7 Å². The van der Waals surface area contributed by atoms with E-state index in [0.717, 1.165) is 6.07 Å². The van der Waals surface area contributed by atoms with Crippen LogP contribution in [0.3, 0.4) is 0 Å². The first-order chi connectivity index (χ1) is 7.24. The van der Waals surface area contributed by atoms with Crippen molar-refractivity contribution in [3.05, 3.63) is 34.4 Å². The minimum Gasteiger partial charge on any atom is -0.481 e. The highest BCUT2D eigenvalue weighted by atomic mass is 35.5. The molecule has 88 valence electrons. The topological polar surface area (TPSA) is 37.3 Å². The Kier molecular flexibility index (Phi) is 3.53. The SMILES string of the molecule is CC(C)(CC(=O)O)c1cc(F)cc(F)c1Cl. The Labute approximate surface area is 96.8 Å². The maximum atomic E-state index is 13.2. The average molecular weight is 249 g/mol. The van der Waals surface area contributed by atoms with Crippen molar-refractivity contribution in [3.63, 3.8) is 0 Å². The summed E-state index contributed by atoms with van der Waals surface area (Å²) in [7, 11) is 0. The van der Waals surface area contributed by atoms with Crippen molar-refractivity contribution in [1.29, 1.82) is 0 Å². The van der Waals surface area contributed by atoms with Gasteiger partial charge in [0, 0.05) is 11.5 Å². The van der Waals surface area contributed by atoms with E-state index >= 15 is 0 Å². The summed E-state index contributed by atoms with van der Waals surface area (Å²) < 4.78 is 26.2. The summed E-state index contributed by atoms with van der Waals surface area (Å²) >= 11 is 5.70. The van der Waals surface area contributed by atoms with Gasteiger partial charge in [0.2, 0.25) is 0 Å². The van der Waals surface area contributed by atoms with E-state index in [9.17, 15) is 13.6 Å². The molecule has 0 aliphatic heterocycles. The Morgan fingerprint density at radius 3 is 2.50 bits per heavy atom. The minimum absolute atomic E-state index is 0.161. The van der Waals surface area contributed by atoms with Crippen LogP contribution < -0.4 is 0 Å². The van der Waals surface area contributed by atoms with Crippen molar-refractivity contribution in [3.8, 4) is 0 Å². The second kappa shape index (κ2) is 4.37. The number of aliphatic carboxylic acids is 1. The van der Waals surface area contributed by atoms with Crippen LogP contribution in [-0.2, 0) is 10.2 Å². The number of hydrogen-bond acceptors (Lipinski definition) is 1. The molecule has 0 atom stereocenters. The minimum atomic E-state index is -1.05. The van der Waals surface area contributed by atoms with Gasteiger partial charge in [0.15, 0.2) is 0 Å². The zero-order valence-electron chi connectivity index (χ0n) is 8.85. The number of hydrogen-bond donors (Lipinski definition) is 1. The summed E-state index contributed by atoms with van der Waals surface area (Å²) in [6.45, 7) is 3.14. The van der Waals surface area contributed by atoms with Gasteiger partial charge in [0.25, 0.3) is 0 Å². The first-order valence-electron chi connectivity index (χ1n) is 4.61. The molecule has 0 bridgehead atoms. The van der Waals surface area contributed by atoms with Crippen LogP contribution in [0.15, 0.2) is 12.1 Å². The van der Waals surface area contributed by atoms with Gasteiger partial charge in [-0.1, -0.05) is 25.4 Å². The summed E-state index contributed by atoms with van der Waals surface area (Å²) in [6, 6.07) is 1.73. The lowest BCUT2D eigenvalue weighted by Crippen LogP contribution is -2.22. The van der Waals surface area contributed by atoms with Gasteiger partial charge in [0.05, 0.1) is 11.4 Å². The van der Waals surface area contributed by atoms with Gasteiger partial charge in [-0.05, 0) is 11.6 Å². The van der Waals surface area contributed by atoms with E-state index in [1.54, 1.807) is 13.8 Å². The summed E-state index contributed by atoms with van der Waals surface area (Å²) in [5, 5.41) is 8.48. The van der Waals surface area contributed by atoms with E-state index < -0.39 is 23.0 Å². The van der Waals surface area contributed by atoms with Crippen molar-refractivity contribution >= 4 is 17.6 Å². The molecule has 0 saturated carbocycles. The second-order valence-corrected chi connectivity index (χ2v) is 4.58. The predicted molar refractivity (Wildman–Crippen MR) is 56.6 cm³/mol. The van der Waals surface area contributed by atoms with E-state index in [-0.39, 0.29) is 17.0 Å². The Morgan fingerprint density at radius 1 is 1.44 bits per heavy atom. The van der Waals surface area contributed by atoms with Gasteiger partial charge < -0.3 is 5.11 Å². The molecule has 0 aliphatic rings. The molecule has 1 rings (SSSR count). The number of carboxylic acid groups (broad SMARTS) is 1. The number of benzene rings is 1. The summed E-state index contributed by atoms with van der Waals surface area (Å²) in [4.78, 5) is 10.6. The Morgan fingerprint density at radius 2 is 2.00 bits per heavy atom. The van der Waals surface area contributed by atoms with Crippen molar-refractivity contribution < 1.29 is 18.7 Å². The van der Waals surface area contributed by atoms with Crippen molar-refractivity contribution in [2.45, 2.75) is 25.7 Å². The monoisotopic (exact) mass is 248 g/mol. The quantitative estimate of drug-likeness (QED) is 0.833. The standard InChI is InChI=1S/C11H11ClF2O2/c1-11(2,5-9(15)16)7-3-6(13)4-8(14)10(7)12/h3-4H,5H2,1-2H3,(H,15,16). The highest BCUT2D eigenvalue weighted by Crippen LogP contribution is 2.34. The van der Waals surface area contributed by atoms with Crippen LogP contribution in [0.5, 0.6) is 0 Å². The first-order valence-corrected chi connectivity index (χ1v) is 4.98. The molecule has 2 nitrogen and oxygen atoms in total. The van der Waals surface area contributed by atoms with E-state index in [1.807, 2.05) is 0 Å². The Hall–Kier alpha value is -1.16. The molecule has 0 amide bonds.